The van der Waals surface area contributed by atoms with Crippen LogP contribution < -0.4 is 9.47 Å². The van der Waals surface area contributed by atoms with Crippen molar-refractivity contribution in [2.45, 2.75) is 30.7 Å². The number of aliphatic hydroxyl groups is 4. The highest BCUT2D eigenvalue weighted by atomic mass is 16.7. The van der Waals surface area contributed by atoms with E-state index in [-0.39, 0.29) is 34.3 Å². The number of hydrogen-bond donors (Lipinski definition) is 7. The first-order valence-electron chi connectivity index (χ1n) is 9.50. The van der Waals surface area contributed by atoms with Gasteiger partial charge in [0.2, 0.25) is 17.8 Å². The predicted molar refractivity (Wildman–Crippen MR) is 105 cm³/mol. The fourth-order valence-corrected chi connectivity index (χ4v) is 3.39. The molecule has 11 heteroatoms. The molecule has 5 atom stereocenters. The number of aliphatic hydroxyl groups excluding tert-OH is 4. The van der Waals surface area contributed by atoms with Crippen LogP contribution >= 0.6 is 0 Å². The van der Waals surface area contributed by atoms with Crippen molar-refractivity contribution in [2.75, 3.05) is 6.61 Å². The number of phenols is 3. The van der Waals surface area contributed by atoms with Gasteiger partial charge in [-0.25, -0.2) is 0 Å². The maximum Gasteiger partial charge on any atom is 0.232 e. The van der Waals surface area contributed by atoms with Gasteiger partial charge in [0.1, 0.15) is 24.4 Å². The van der Waals surface area contributed by atoms with Crippen molar-refractivity contribution in [2.24, 2.45) is 0 Å². The third-order valence-corrected chi connectivity index (χ3v) is 5.16. The van der Waals surface area contributed by atoms with E-state index in [0.717, 1.165) is 0 Å². The molecule has 2 aliphatic heterocycles. The molecule has 0 aliphatic carbocycles. The molecule has 0 spiro atoms. The summed E-state index contributed by atoms with van der Waals surface area (Å²) in [5.74, 6) is -2.48. The van der Waals surface area contributed by atoms with Gasteiger partial charge in [-0.15, -0.1) is 0 Å². The topological polar surface area (TPSA) is 186 Å². The monoisotopic (exact) mass is 448 g/mol. The lowest BCUT2D eigenvalue weighted by atomic mass is 9.99. The van der Waals surface area contributed by atoms with Gasteiger partial charge in [0.15, 0.2) is 28.8 Å². The zero-order valence-corrected chi connectivity index (χ0v) is 16.3. The van der Waals surface area contributed by atoms with E-state index in [9.17, 15) is 40.5 Å². The number of ether oxygens (including phenoxy) is 3. The number of phenolic OH excluding ortho intramolecular Hbond substituents is 3. The van der Waals surface area contributed by atoms with Crippen LogP contribution in [0.3, 0.4) is 0 Å². The lowest BCUT2D eigenvalue weighted by molar-refractivity contribution is -0.277. The number of fused-ring (bicyclic) bond motifs is 1. The van der Waals surface area contributed by atoms with Crippen LogP contribution in [0, 0.1) is 0 Å². The van der Waals surface area contributed by atoms with E-state index in [1.54, 1.807) is 0 Å². The van der Waals surface area contributed by atoms with Crippen molar-refractivity contribution in [3.8, 4) is 28.7 Å². The van der Waals surface area contributed by atoms with Crippen molar-refractivity contribution in [3.63, 3.8) is 0 Å². The first-order chi connectivity index (χ1) is 15.2. The zero-order valence-electron chi connectivity index (χ0n) is 16.3. The number of benzene rings is 2. The third kappa shape index (κ3) is 3.72. The van der Waals surface area contributed by atoms with Crippen LogP contribution in [-0.2, 0) is 4.74 Å². The normalized spacial score (nSPS) is 28.4. The molecule has 2 heterocycles. The summed E-state index contributed by atoms with van der Waals surface area (Å²) in [4.78, 5) is 12.6. The second kappa shape index (κ2) is 8.30. The van der Waals surface area contributed by atoms with Gasteiger partial charge in [-0.3, -0.25) is 4.79 Å². The predicted octanol–water partition coefficient (Wildman–Crippen LogP) is -0.402. The zero-order chi connectivity index (χ0) is 23.2. The van der Waals surface area contributed by atoms with Crippen LogP contribution in [-0.4, -0.2) is 78.8 Å². The molecule has 1 fully saturated rings. The van der Waals surface area contributed by atoms with Gasteiger partial charge in [-0.05, 0) is 35.9 Å². The number of aromatic hydroxyl groups is 3. The Morgan fingerprint density at radius 2 is 1.72 bits per heavy atom. The molecule has 32 heavy (non-hydrogen) atoms. The molecule has 170 valence electrons. The van der Waals surface area contributed by atoms with Gasteiger partial charge < -0.3 is 50.0 Å². The molecule has 0 unspecified atom stereocenters. The molecule has 2 aliphatic rings. The molecule has 2 aromatic carbocycles. The van der Waals surface area contributed by atoms with E-state index in [1.165, 1.54) is 36.4 Å². The molecule has 7 N–H and O–H groups in total. The smallest absolute Gasteiger partial charge is 0.232 e. The molecular weight excluding hydrogens is 428 g/mol. The van der Waals surface area contributed by atoms with Crippen LogP contribution in [0.25, 0.3) is 6.08 Å². The summed E-state index contributed by atoms with van der Waals surface area (Å²) in [7, 11) is 0. The number of carbonyl (C=O) groups excluding carboxylic acids is 1. The fourth-order valence-electron chi connectivity index (χ4n) is 3.39. The maximum atomic E-state index is 12.6. The Morgan fingerprint density at radius 3 is 2.41 bits per heavy atom. The Bertz CT molecular complexity index is 1080. The minimum Gasteiger partial charge on any atom is -0.504 e. The van der Waals surface area contributed by atoms with Gasteiger partial charge >= 0.3 is 0 Å². The number of hydrogen-bond acceptors (Lipinski definition) is 11. The first kappa shape index (κ1) is 21.9. The maximum absolute atomic E-state index is 12.6. The quantitative estimate of drug-likeness (QED) is 0.238. The summed E-state index contributed by atoms with van der Waals surface area (Å²) < 4.78 is 16.1. The number of allylic oxidation sites excluding steroid dienone is 1. The first-order valence-corrected chi connectivity index (χ1v) is 9.50. The van der Waals surface area contributed by atoms with Crippen molar-refractivity contribution in [1.29, 1.82) is 0 Å². The van der Waals surface area contributed by atoms with Crippen LogP contribution in [0.2, 0.25) is 0 Å². The molecule has 0 bridgehead atoms. The lowest BCUT2D eigenvalue weighted by Gasteiger charge is -2.39. The average molecular weight is 448 g/mol. The SMILES string of the molecule is O=C1C(=Cc2ccc(O)c(O)c2)Oc2c1ccc(O[C@@H]1O[C@H](CO)[C@@H](O)[C@H](O)[C@H]1O)c2O. The van der Waals surface area contributed by atoms with Gasteiger partial charge in [0.25, 0.3) is 0 Å². The number of rotatable bonds is 4. The lowest BCUT2D eigenvalue weighted by Crippen LogP contribution is -2.60. The van der Waals surface area contributed by atoms with Gasteiger partial charge in [-0.2, -0.15) is 0 Å². The van der Waals surface area contributed by atoms with Crippen molar-refractivity contribution in [3.05, 3.63) is 47.2 Å². The second-order valence-electron chi connectivity index (χ2n) is 7.29. The molecule has 0 aromatic heterocycles. The summed E-state index contributed by atoms with van der Waals surface area (Å²) in [5, 5.41) is 68.6. The van der Waals surface area contributed by atoms with Crippen LogP contribution in [0.4, 0.5) is 0 Å². The Hall–Kier alpha value is -3.35. The van der Waals surface area contributed by atoms with Crippen molar-refractivity contribution < 1.29 is 54.8 Å². The third-order valence-electron chi connectivity index (χ3n) is 5.16. The van der Waals surface area contributed by atoms with E-state index < -0.39 is 48.8 Å². The Balaban J connectivity index is 1.59. The molecule has 4 rings (SSSR count). The number of ketones is 1. The van der Waals surface area contributed by atoms with Gasteiger partial charge in [0, 0.05) is 0 Å². The highest BCUT2D eigenvalue weighted by molar-refractivity contribution is 6.15. The van der Waals surface area contributed by atoms with Gasteiger partial charge in [0.05, 0.1) is 12.2 Å². The van der Waals surface area contributed by atoms with E-state index in [0.29, 0.717) is 5.56 Å². The van der Waals surface area contributed by atoms with Crippen molar-refractivity contribution >= 4 is 11.9 Å². The summed E-state index contributed by atoms with van der Waals surface area (Å²) >= 11 is 0. The molecule has 0 saturated carbocycles. The van der Waals surface area contributed by atoms with E-state index in [1.807, 2.05) is 0 Å². The minimum atomic E-state index is -1.69. The van der Waals surface area contributed by atoms with E-state index in [2.05, 4.69) is 0 Å². The Morgan fingerprint density at radius 1 is 0.969 bits per heavy atom. The highest BCUT2D eigenvalue weighted by Crippen LogP contribution is 2.45. The standard InChI is InChI=1S/C21H20O11/c22-7-14-16(26)18(28)19(29)21(32-14)31-12-4-2-9-15(25)13(30-20(9)17(12)27)6-8-1-3-10(23)11(24)5-8/h1-6,14,16,18-19,21-24,26-29H,7H2/t14-,16-,18+,19-,21-/m1/s1. The molecule has 2 aromatic rings. The summed E-state index contributed by atoms with van der Waals surface area (Å²) in [6, 6.07) is 6.43. The van der Waals surface area contributed by atoms with Crippen molar-refractivity contribution in [1.82, 2.24) is 0 Å². The molecule has 0 radical (unpaired) electrons. The molecular formula is C21H20O11. The minimum absolute atomic E-state index is 0.0258. The average Bonchev–Trinajstić information content (AvgIpc) is 3.09. The van der Waals surface area contributed by atoms with E-state index in [4.69, 9.17) is 14.2 Å². The summed E-state index contributed by atoms with van der Waals surface area (Å²) in [5.41, 5.74) is 0.381. The largest absolute Gasteiger partial charge is 0.504 e. The molecule has 11 nitrogen and oxygen atoms in total. The number of carbonyl (C=O) groups is 1. The van der Waals surface area contributed by atoms with E-state index >= 15 is 0 Å². The van der Waals surface area contributed by atoms with Crippen LogP contribution in [0.15, 0.2) is 36.1 Å². The molecule has 1 saturated heterocycles. The Labute approximate surface area is 180 Å². The van der Waals surface area contributed by atoms with Gasteiger partial charge in [-0.1, -0.05) is 6.07 Å². The second-order valence-corrected chi connectivity index (χ2v) is 7.29. The van der Waals surface area contributed by atoms with Crippen LogP contribution in [0.1, 0.15) is 15.9 Å². The molecule has 0 amide bonds. The summed E-state index contributed by atoms with van der Waals surface area (Å²) in [6.07, 6.45) is -6.38. The highest BCUT2D eigenvalue weighted by Gasteiger charge is 2.45. The number of Topliss-reactive ketones (excluding diaryl/α,β-unsaturated/α-hetero) is 1. The Kier molecular flexibility index (Phi) is 5.67. The summed E-state index contributed by atoms with van der Waals surface area (Å²) in [6.45, 7) is -0.653. The fraction of sp³-hybridized carbons (Fsp3) is 0.286. The van der Waals surface area contributed by atoms with Crippen LogP contribution in [0.5, 0.6) is 28.7 Å².